The molecule has 10 atom stereocenters. The molecule has 7 rings (SSSR count). The number of fused-ring (bicyclic) bond motifs is 1. The summed E-state index contributed by atoms with van der Waals surface area (Å²) in [5.74, 6) is 3.06. The molecule has 3 aromatic carbocycles. The molecular formula is C80H138ClN11O11. The van der Waals surface area contributed by atoms with E-state index in [0.717, 1.165) is 92.6 Å². The van der Waals surface area contributed by atoms with Gasteiger partial charge in [-0.05, 0) is 219 Å². The SMILES string of the molecule is C1CCOC1.CC(C)[C@@H]1CC[C@@H](C)C[C@H]1C(=O)CC[C@H](N)c1ccccc1.CC(C)[C@@H]1CC[C@@H](C)C[C@H]1C(=O)CC[C@H](NC(=O)[C@@H](C)NC(=O)OC(C)(C)C)c1ccccc1.CCN(CC)CC.CCN=C=NCCCN(C)C.C[C@@H](NC(=O)OC(C)(C)C)C(=O)O.Cl.ON1NNc2ccccc21. The minimum atomic E-state index is -1.09. The van der Waals surface area contributed by atoms with Crippen LogP contribution >= 0.6 is 12.4 Å². The number of Topliss-reactive ketones (excluding diaryl/α,β-unsaturated/α-hetero) is 2. The molecule has 0 spiro atoms. The van der Waals surface area contributed by atoms with Crippen molar-refractivity contribution in [1.82, 2.24) is 31.3 Å². The summed E-state index contributed by atoms with van der Waals surface area (Å²) in [6.07, 6.45) is 11.4. The molecule has 9 N–H and O–H groups in total. The highest BCUT2D eigenvalue weighted by Gasteiger charge is 2.37. The molecule has 23 heteroatoms. The van der Waals surface area contributed by atoms with Crippen LogP contribution in [0.2, 0.25) is 0 Å². The number of halogens is 1. The fourth-order valence-electron chi connectivity index (χ4n) is 12.1. The Morgan fingerprint density at radius 1 is 0.660 bits per heavy atom. The van der Waals surface area contributed by atoms with Crippen LogP contribution in [0.5, 0.6) is 0 Å². The minimum Gasteiger partial charge on any atom is -0.480 e. The topological polar surface area (TPSA) is 291 Å². The Morgan fingerprint density at radius 2 is 1.12 bits per heavy atom. The number of benzene rings is 3. The molecule has 0 aromatic heterocycles. The van der Waals surface area contributed by atoms with Gasteiger partial charge in [-0.1, -0.05) is 148 Å². The molecule has 3 amide bonds. The normalized spacial score (nSPS) is 19.1. The molecule has 586 valence electrons. The van der Waals surface area contributed by atoms with Crippen molar-refractivity contribution in [3.8, 4) is 0 Å². The van der Waals surface area contributed by atoms with E-state index < -0.39 is 41.4 Å². The van der Waals surface area contributed by atoms with Gasteiger partial charge in [0.2, 0.25) is 5.91 Å². The van der Waals surface area contributed by atoms with Crippen LogP contribution in [0, 0.1) is 47.3 Å². The van der Waals surface area contributed by atoms with Gasteiger partial charge in [-0.2, -0.15) is 5.17 Å². The third kappa shape index (κ3) is 43.5. The van der Waals surface area contributed by atoms with Crippen LogP contribution in [0.3, 0.4) is 0 Å². The molecule has 0 unspecified atom stereocenters. The van der Waals surface area contributed by atoms with Gasteiger partial charge in [0.15, 0.2) is 0 Å². The Bertz CT molecular complexity index is 2850. The molecule has 1 saturated heterocycles. The van der Waals surface area contributed by atoms with E-state index in [2.05, 4.69) is 141 Å². The fraction of sp³-hybridized carbons (Fsp3) is 0.688. The zero-order valence-corrected chi connectivity index (χ0v) is 67.5. The zero-order valence-electron chi connectivity index (χ0n) is 66.7. The summed E-state index contributed by atoms with van der Waals surface area (Å²) in [7, 11) is 4.12. The monoisotopic (exact) mass is 1460 g/mol. The number of nitrogens with zero attached hydrogens (tertiary/aromatic N) is 5. The smallest absolute Gasteiger partial charge is 0.408 e. The summed E-state index contributed by atoms with van der Waals surface area (Å²) in [6.45, 7) is 43.7. The first-order chi connectivity index (χ1) is 48.1. The molecule has 2 saturated carbocycles. The number of alkyl carbamates (subject to hydrolysis) is 2. The van der Waals surface area contributed by atoms with Gasteiger partial charge in [0.05, 0.1) is 24.3 Å². The molecule has 2 aliphatic carbocycles. The average molecular weight is 1470 g/mol. The molecule has 103 heavy (non-hydrogen) atoms. The molecular weight excluding hydrogens is 1330 g/mol. The summed E-state index contributed by atoms with van der Waals surface area (Å²) in [5, 5.41) is 26.2. The maximum absolute atomic E-state index is 13.3. The number of anilines is 2. The number of aliphatic carboxylic acids is 1. The van der Waals surface area contributed by atoms with Crippen molar-refractivity contribution in [3.63, 3.8) is 0 Å². The lowest BCUT2D eigenvalue weighted by atomic mass is 9.68. The number of carboxylic acid groups (broad SMARTS) is 1. The number of carbonyl (C=O) groups is 6. The molecule has 3 aromatic rings. The van der Waals surface area contributed by atoms with E-state index >= 15 is 0 Å². The lowest BCUT2D eigenvalue weighted by Crippen LogP contribution is -2.47. The number of para-hydroxylation sites is 2. The zero-order chi connectivity index (χ0) is 77.0. The summed E-state index contributed by atoms with van der Waals surface area (Å²) in [4.78, 5) is 84.7. The third-order valence-electron chi connectivity index (χ3n) is 18.0. The maximum Gasteiger partial charge on any atom is 0.408 e. The number of aliphatic imine (C=N–C) groups is 2. The lowest BCUT2D eigenvalue weighted by molar-refractivity contribution is -0.139. The Kier molecular flexibility index (Phi) is 49.9. The summed E-state index contributed by atoms with van der Waals surface area (Å²) in [6, 6.07) is 27.9. The van der Waals surface area contributed by atoms with Crippen molar-refractivity contribution in [1.29, 1.82) is 0 Å². The second-order valence-electron chi connectivity index (χ2n) is 30.1. The Morgan fingerprint density at radius 3 is 1.52 bits per heavy atom. The number of hydrogen-bond acceptors (Lipinski definition) is 18. The summed E-state index contributed by atoms with van der Waals surface area (Å²) in [5.41, 5.74) is 14.0. The number of carboxylic acids is 1. The highest BCUT2D eigenvalue weighted by molar-refractivity contribution is 5.86. The van der Waals surface area contributed by atoms with Crippen molar-refractivity contribution < 1.29 is 53.3 Å². The van der Waals surface area contributed by atoms with Gasteiger partial charge < -0.3 is 50.8 Å². The van der Waals surface area contributed by atoms with E-state index in [9.17, 15) is 28.8 Å². The molecule has 3 fully saturated rings. The quantitative estimate of drug-likeness (QED) is 0.0289. The van der Waals surface area contributed by atoms with Gasteiger partial charge in [0.1, 0.15) is 40.5 Å². The van der Waals surface area contributed by atoms with Crippen LogP contribution in [0.1, 0.15) is 231 Å². The average Bonchev–Trinajstić information content (AvgIpc) is 1.26. The van der Waals surface area contributed by atoms with Crippen molar-refractivity contribution >= 4 is 65.4 Å². The highest BCUT2D eigenvalue weighted by Crippen LogP contribution is 2.41. The van der Waals surface area contributed by atoms with E-state index in [1.807, 2.05) is 79.7 Å². The van der Waals surface area contributed by atoms with Crippen molar-refractivity contribution in [2.24, 2.45) is 63.1 Å². The van der Waals surface area contributed by atoms with Gasteiger partial charge in [0, 0.05) is 50.5 Å². The van der Waals surface area contributed by atoms with E-state index in [1.54, 1.807) is 48.5 Å². The van der Waals surface area contributed by atoms with Crippen LogP contribution < -0.4 is 37.8 Å². The van der Waals surface area contributed by atoms with Gasteiger partial charge in [0.25, 0.3) is 0 Å². The van der Waals surface area contributed by atoms with E-state index in [-0.39, 0.29) is 42.2 Å². The molecule has 0 bridgehead atoms. The van der Waals surface area contributed by atoms with Crippen LogP contribution in [0.4, 0.5) is 21.0 Å². The number of ketones is 2. The number of nitrogens with two attached hydrogens (primary N) is 1. The predicted octanol–water partition coefficient (Wildman–Crippen LogP) is 16.0. The fourth-order valence-corrected chi connectivity index (χ4v) is 12.1. The molecule has 2 aliphatic heterocycles. The first-order valence-corrected chi connectivity index (χ1v) is 37.6. The first kappa shape index (κ1) is 96.5. The molecule has 4 aliphatic rings. The Hall–Kier alpha value is -6.49. The van der Waals surface area contributed by atoms with Gasteiger partial charge in [-0.25, -0.2) is 19.6 Å². The van der Waals surface area contributed by atoms with E-state index in [0.29, 0.717) is 66.3 Å². The summed E-state index contributed by atoms with van der Waals surface area (Å²) < 4.78 is 15.0. The molecule has 0 radical (unpaired) electrons. The number of nitrogens with one attached hydrogen (secondary N) is 5. The van der Waals surface area contributed by atoms with E-state index in [4.69, 9.17) is 30.3 Å². The summed E-state index contributed by atoms with van der Waals surface area (Å²) >= 11 is 0. The van der Waals surface area contributed by atoms with Gasteiger partial charge in [-0.15, -0.1) is 17.9 Å². The lowest BCUT2D eigenvalue weighted by Gasteiger charge is -2.36. The Labute approximate surface area is 626 Å². The predicted molar refractivity (Wildman–Crippen MR) is 421 cm³/mol. The molecule has 2 heterocycles. The second kappa shape index (κ2) is 53.3. The maximum atomic E-state index is 13.3. The number of hydrogen-bond donors (Lipinski definition) is 8. The van der Waals surface area contributed by atoms with Crippen LogP contribution in [-0.2, 0) is 33.4 Å². The number of ether oxygens (including phenoxy) is 3. The van der Waals surface area contributed by atoms with E-state index in [1.165, 1.54) is 58.7 Å². The van der Waals surface area contributed by atoms with Crippen molar-refractivity contribution in [2.75, 3.05) is 77.2 Å². The standard InChI is InChI=1S/C28H44N2O4.C20H31NO.C8H17N3.C8H15NO4.C6H7N3O.C6H15N.C4H8O.ClH/c1-18(2)22-14-13-19(3)17-23(22)25(31)16-15-24(21-11-9-8-10-12-21)30-26(32)20(4)29-27(33)34-28(5,6)7;1-14(2)17-10-9-15(3)13-18(17)20(22)12-11-19(21)16-7-5-4-6-8-16;1-4-9-8-10-6-5-7-11(2)3;1-5(6(10)11)9-7(12)13-8(2,3)4;10-9-6-4-2-1-3-5(6)7-8-9;1-4-7(5-2)6-3;1-2-4-5-3-1;/h8-12,18-20,22-24H,13-17H2,1-7H3,(H,29,33)(H,30,32);4-8,14-15,17-19H,9-13,21H2,1-3H3;4-7H2,1-3H3;5H,1-4H3,(H,9,12)(H,10,11);1-4,7-8,10H;4-6H2,1-3H3;1-4H2;1H/t19-,20-,22+,23-,24+;15-,17+,18-,19+;;5-;;;;/m11.1..../s1. The number of rotatable bonds is 25. The van der Waals surface area contributed by atoms with Crippen LogP contribution in [-0.4, -0.2) is 152 Å². The number of carbonyl (C=O) groups excluding carboxylic acids is 5. The third-order valence-corrected chi connectivity index (χ3v) is 18.0. The highest BCUT2D eigenvalue weighted by atomic mass is 35.5. The minimum absolute atomic E-state index is 0. The number of amides is 3. The Balaban J connectivity index is 0.00000129. The van der Waals surface area contributed by atoms with Crippen LogP contribution in [0.25, 0.3) is 0 Å². The number of hydrazine groups is 2. The van der Waals surface area contributed by atoms with Gasteiger partial charge in [-0.3, -0.25) is 29.8 Å². The van der Waals surface area contributed by atoms with Crippen molar-refractivity contribution in [2.45, 2.75) is 243 Å². The van der Waals surface area contributed by atoms with Gasteiger partial charge >= 0.3 is 18.2 Å². The van der Waals surface area contributed by atoms with Crippen molar-refractivity contribution in [3.05, 3.63) is 96.1 Å². The largest absolute Gasteiger partial charge is 0.480 e. The second-order valence-corrected chi connectivity index (χ2v) is 30.1. The first-order valence-electron chi connectivity index (χ1n) is 37.6. The van der Waals surface area contributed by atoms with Crippen LogP contribution in [0.15, 0.2) is 94.9 Å². The molecule has 22 nitrogen and oxygen atoms in total.